The number of aliphatic carboxylic acids is 1. The van der Waals surface area contributed by atoms with Crippen molar-refractivity contribution in [2.24, 2.45) is 0 Å². The number of benzene rings is 2. The minimum absolute atomic E-state index is 0.109. The van der Waals surface area contributed by atoms with Crippen molar-refractivity contribution in [1.29, 1.82) is 0 Å². The summed E-state index contributed by atoms with van der Waals surface area (Å²) in [5.74, 6) is -0.452. The van der Waals surface area contributed by atoms with E-state index < -0.39 is 12.1 Å². The molecule has 0 unspecified atom stereocenters. The molecule has 4 aromatic rings. The predicted molar refractivity (Wildman–Crippen MR) is 149 cm³/mol. The molecule has 0 bridgehead atoms. The number of carboxylic acid groups (broad SMARTS) is 1. The van der Waals surface area contributed by atoms with Gasteiger partial charge < -0.3 is 19.7 Å². The average Bonchev–Trinajstić information content (AvgIpc) is 3.13. The van der Waals surface area contributed by atoms with Gasteiger partial charge in [-0.1, -0.05) is 38.1 Å². The van der Waals surface area contributed by atoms with Gasteiger partial charge in [0.2, 0.25) is 5.88 Å². The number of carbonyl (C=O) groups is 2. The van der Waals surface area contributed by atoms with Gasteiger partial charge in [-0.05, 0) is 80.1 Å². The van der Waals surface area contributed by atoms with E-state index in [1.165, 1.54) is 12.5 Å². The SMILES string of the molecule is Cc1c(C)n(Cc2ccnc(O[C@@H](C)C(=O)O)c2)c2ccc(C(=O)N[C@@H](C)c3cccc(C(C)C)c3)cc12. The third kappa shape index (κ3) is 5.72. The van der Waals surface area contributed by atoms with E-state index in [2.05, 4.69) is 54.7 Å². The number of amides is 1. The number of carboxylic acids is 1. The van der Waals surface area contributed by atoms with Crippen molar-refractivity contribution in [3.05, 3.63) is 94.3 Å². The molecule has 0 radical (unpaired) electrons. The Bertz CT molecular complexity index is 1490. The number of pyridine rings is 1. The van der Waals surface area contributed by atoms with E-state index in [-0.39, 0.29) is 17.8 Å². The molecule has 2 aromatic carbocycles. The topological polar surface area (TPSA) is 93.5 Å². The molecule has 0 saturated heterocycles. The number of nitrogens with one attached hydrogen (secondary N) is 1. The molecule has 38 heavy (non-hydrogen) atoms. The van der Waals surface area contributed by atoms with Crippen LogP contribution in [0.3, 0.4) is 0 Å². The zero-order chi connectivity index (χ0) is 27.6. The van der Waals surface area contributed by atoms with Crippen LogP contribution in [0, 0.1) is 13.8 Å². The summed E-state index contributed by atoms with van der Waals surface area (Å²) in [7, 11) is 0. The van der Waals surface area contributed by atoms with Gasteiger partial charge in [0.25, 0.3) is 5.91 Å². The summed E-state index contributed by atoms with van der Waals surface area (Å²) in [6.45, 7) is 12.5. The lowest BCUT2D eigenvalue weighted by Crippen LogP contribution is -2.26. The van der Waals surface area contributed by atoms with Crippen LogP contribution in [-0.4, -0.2) is 32.6 Å². The number of aryl methyl sites for hydroxylation is 1. The first-order valence-electron chi connectivity index (χ1n) is 12.9. The number of hydrogen-bond acceptors (Lipinski definition) is 4. The van der Waals surface area contributed by atoms with Crippen molar-refractivity contribution >= 4 is 22.8 Å². The summed E-state index contributed by atoms with van der Waals surface area (Å²) in [6, 6.07) is 17.7. The number of hydrogen-bond donors (Lipinski definition) is 2. The van der Waals surface area contributed by atoms with Gasteiger partial charge in [-0.3, -0.25) is 4.79 Å². The Balaban J connectivity index is 1.56. The van der Waals surface area contributed by atoms with Crippen molar-refractivity contribution < 1.29 is 19.4 Å². The Morgan fingerprint density at radius 1 is 1.00 bits per heavy atom. The van der Waals surface area contributed by atoms with Crippen molar-refractivity contribution in [2.45, 2.75) is 66.2 Å². The normalized spacial score (nSPS) is 12.9. The average molecular weight is 514 g/mol. The molecule has 0 aliphatic heterocycles. The monoisotopic (exact) mass is 513 g/mol. The molecular weight excluding hydrogens is 478 g/mol. The quantitative estimate of drug-likeness (QED) is 0.279. The Morgan fingerprint density at radius 3 is 2.45 bits per heavy atom. The van der Waals surface area contributed by atoms with E-state index in [4.69, 9.17) is 9.84 Å². The molecule has 1 amide bonds. The van der Waals surface area contributed by atoms with Crippen LogP contribution in [0.15, 0.2) is 60.8 Å². The van der Waals surface area contributed by atoms with E-state index in [1.54, 1.807) is 12.3 Å². The molecule has 2 aromatic heterocycles. The Hall–Kier alpha value is -4.13. The van der Waals surface area contributed by atoms with Crippen LogP contribution < -0.4 is 10.1 Å². The summed E-state index contributed by atoms with van der Waals surface area (Å²) < 4.78 is 7.62. The second kappa shape index (κ2) is 11.1. The van der Waals surface area contributed by atoms with Crippen molar-refractivity contribution in [3.8, 4) is 5.88 Å². The van der Waals surface area contributed by atoms with Gasteiger partial charge >= 0.3 is 5.97 Å². The highest BCUT2D eigenvalue weighted by Crippen LogP contribution is 2.28. The number of nitrogens with zero attached hydrogens (tertiary/aromatic N) is 2. The van der Waals surface area contributed by atoms with Gasteiger partial charge in [-0.15, -0.1) is 0 Å². The van der Waals surface area contributed by atoms with Crippen LogP contribution in [-0.2, 0) is 11.3 Å². The molecule has 2 heterocycles. The van der Waals surface area contributed by atoms with Crippen LogP contribution in [0.1, 0.15) is 78.0 Å². The highest BCUT2D eigenvalue weighted by atomic mass is 16.5. The second-order valence-corrected chi connectivity index (χ2v) is 10.1. The molecule has 2 atom stereocenters. The standard InChI is InChI=1S/C31H35N3O4/c1-18(2)24-8-7-9-25(15-24)20(4)33-30(35)26-10-11-28-27(16-26)19(3)21(5)34(28)17-23-12-13-32-29(14-23)38-22(6)31(36)37/h7-16,18,20,22H,17H2,1-6H3,(H,33,35)(H,36,37)/t20-,22-/m0/s1. The minimum Gasteiger partial charge on any atom is -0.479 e. The Morgan fingerprint density at radius 2 is 1.74 bits per heavy atom. The summed E-state index contributed by atoms with van der Waals surface area (Å²) in [4.78, 5) is 28.5. The maximum Gasteiger partial charge on any atom is 0.344 e. The Kier molecular flexibility index (Phi) is 7.86. The number of aromatic nitrogens is 2. The third-order valence-electron chi connectivity index (χ3n) is 7.11. The van der Waals surface area contributed by atoms with E-state index in [1.807, 2.05) is 43.3 Å². The maximum atomic E-state index is 13.2. The van der Waals surface area contributed by atoms with E-state index in [9.17, 15) is 9.59 Å². The highest BCUT2D eigenvalue weighted by Gasteiger charge is 2.18. The second-order valence-electron chi connectivity index (χ2n) is 10.1. The number of carbonyl (C=O) groups excluding carboxylic acids is 1. The third-order valence-corrected chi connectivity index (χ3v) is 7.11. The predicted octanol–water partition coefficient (Wildman–Crippen LogP) is 6.17. The Labute approximate surface area is 223 Å². The van der Waals surface area contributed by atoms with Crippen LogP contribution in [0.2, 0.25) is 0 Å². The van der Waals surface area contributed by atoms with E-state index in [0.29, 0.717) is 18.0 Å². The molecule has 0 aliphatic carbocycles. The lowest BCUT2D eigenvalue weighted by molar-refractivity contribution is -0.144. The molecule has 0 spiro atoms. The van der Waals surface area contributed by atoms with Crippen LogP contribution >= 0.6 is 0 Å². The highest BCUT2D eigenvalue weighted by molar-refractivity contribution is 5.99. The summed E-state index contributed by atoms with van der Waals surface area (Å²) in [6.07, 6.45) is 0.633. The van der Waals surface area contributed by atoms with Gasteiger partial charge in [-0.2, -0.15) is 0 Å². The summed E-state index contributed by atoms with van der Waals surface area (Å²) >= 11 is 0. The zero-order valence-electron chi connectivity index (χ0n) is 22.8. The lowest BCUT2D eigenvalue weighted by atomic mass is 9.98. The molecular formula is C31H35N3O4. The van der Waals surface area contributed by atoms with Gasteiger partial charge in [0.15, 0.2) is 6.10 Å². The molecule has 198 valence electrons. The van der Waals surface area contributed by atoms with Gasteiger partial charge in [0.1, 0.15) is 0 Å². The first-order chi connectivity index (χ1) is 18.0. The molecule has 7 heteroatoms. The van der Waals surface area contributed by atoms with Crippen molar-refractivity contribution in [1.82, 2.24) is 14.9 Å². The van der Waals surface area contributed by atoms with Crippen molar-refractivity contribution in [2.75, 3.05) is 0 Å². The van der Waals surface area contributed by atoms with Crippen LogP contribution in [0.5, 0.6) is 5.88 Å². The molecule has 7 nitrogen and oxygen atoms in total. The molecule has 4 rings (SSSR count). The van der Waals surface area contributed by atoms with E-state index in [0.717, 1.165) is 33.3 Å². The molecule has 0 aliphatic rings. The maximum absolute atomic E-state index is 13.2. The first kappa shape index (κ1) is 26.9. The fourth-order valence-corrected chi connectivity index (χ4v) is 4.57. The summed E-state index contributed by atoms with van der Waals surface area (Å²) in [5.41, 5.74) is 7.11. The summed E-state index contributed by atoms with van der Waals surface area (Å²) in [5, 5.41) is 13.3. The minimum atomic E-state index is -1.04. The number of rotatable bonds is 9. The smallest absolute Gasteiger partial charge is 0.344 e. The van der Waals surface area contributed by atoms with Crippen LogP contribution in [0.4, 0.5) is 0 Å². The zero-order valence-corrected chi connectivity index (χ0v) is 22.8. The van der Waals surface area contributed by atoms with Gasteiger partial charge in [0, 0.05) is 41.0 Å². The number of fused-ring (bicyclic) bond motifs is 1. The molecule has 2 N–H and O–H groups in total. The van der Waals surface area contributed by atoms with Crippen molar-refractivity contribution in [3.63, 3.8) is 0 Å². The van der Waals surface area contributed by atoms with Gasteiger partial charge in [-0.25, -0.2) is 9.78 Å². The van der Waals surface area contributed by atoms with Gasteiger partial charge in [0.05, 0.1) is 6.04 Å². The van der Waals surface area contributed by atoms with Crippen LogP contribution in [0.25, 0.3) is 10.9 Å². The number of ether oxygens (including phenoxy) is 1. The molecule has 0 fully saturated rings. The fourth-order valence-electron chi connectivity index (χ4n) is 4.57. The largest absolute Gasteiger partial charge is 0.479 e. The first-order valence-corrected chi connectivity index (χ1v) is 12.9. The lowest BCUT2D eigenvalue weighted by Gasteiger charge is -2.16. The molecule has 0 saturated carbocycles. The van der Waals surface area contributed by atoms with E-state index >= 15 is 0 Å². The fraction of sp³-hybridized carbons (Fsp3) is 0.323.